The van der Waals surface area contributed by atoms with Gasteiger partial charge in [-0.2, -0.15) is 0 Å². The number of ketones is 1. The Morgan fingerprint density at radius 3 is 2.74 bits per heavy atom. The van der Waals surface area contributed by atoms with Crippen LogP contribution in [-0.4, -0.2) is 36.4 Å². The Balaban J connectivity index is 1.49. The quantitative estimate of drug-likeness (QED) is 0.762. The van der Waals surface area contributed by atoms with Gasteiger partial charge in [-0.15, -0.1) is 0 Å². The second-order valence-corrected chi connectivity index (χ2v) is 6.72. The van der Waals surface area contributed by atoms with Crippen LogP contribution in [0.1, 0.15) is 42.1 Å². The molecule has 0 saturated carbocycles. The van der Waals surface area contributed by atoms with Crippen LogP contribution in [0.15, 0.2) is 42.6 Å². The molecule has 1 aromatic carbocycles. The van der Waals surface area contributed by atoms with Gasteiger partial charge >= 0.3 is 0 Å². The van der Waals surface area contributed by atoms with Crippen LogP contribution >= 0.6 is 0 Å². The molecule has 0 radical (unpaired) electrons. The predicted octanol–water partition coefficient (Wildman–Crippen LogP) is 2.97. The number of pyridine rings is 1. The summed E-state index contributed by atoms with van der Waals surface area (Å²) < 4.78 is 5.48. The third kappa shape index (κ3) is 5.54. The Labute approximate surface area is 159 Å². The molecule has 3 rings (SSSR count). The van der Waals surface area contributed by atoms with Crippen molar-refractivity contribution < 1.29 is 14.3 Å². The van der Waals surface area contributed by atoms with Crippen molar-refractivity contribution in [3.63, 3.8) is 0 Å². The highest BCUT2D eigenvalue weighted by Crippen LogP contribution is 2.18. The number of piperidine rings is 1. The van der Waals surface area contributed by atoms with E-state index in [2.05, 4.69) is 15.2 Å². The second kappa shape index (κ2) is 9.16. The van der Waals surface area contributed by atoms with E-state index in [-0.39, 0.29) is 18.3 Å². The van der Waals surface area contributed by atoms with E-state index in [0.717, 1.165) is 24.5 Å². The van der Waals surface area contributed by atoms with E-state index in [4.69, 9.17) is 4.74 Å². The molecule has 142 valence electrons. The first-order chi connectivity index (χ1) is 13.1. The molecule has 1 aromatic heterocycles. The summed E-state index contributed by atoms with van der Waals surface area (Å²) in [5, 5.41) is 2.86. The van der Waals surface area contributed by atoms with Crippen molar-refractivity contribution in [1.29, 1.82) is 0 Å². The number of ether oxygens (including phenoxy) is 1. The van der Waals surface area contributed by atoms with Gasteiger partial charge in [-0.25, -0.2) is 4.98 Å². The summed E-state index contributed by atoms with van der Waals surface area (Å²) in [6.45, 7) is 3.91. The Hall–Kier alpha value is -2.89. The van der Waals surface area contributed by atoms with Crippen LogP contribution in [0.2, 0.25) is 0 Å². The van der Waals surface area contributed by atoms with Crippen LogP contribution in [0, 0.1) is 0 Å². The average Bonchev–Trinajstić information content (AvgIpc) is 2.72. The van der Waals surface area contributed by atoms with Gasteiger partial charge in [0.05, 0.1) is 0 Å². The summed E-state index contributed by atoms with van der Waals surface area (Å²) in [5.41, 5.74) is 1.58. The van der Waals surface area contributed by atoms with E-state index in [0.29, 0.717) is 17.9 Å². The lowest BCUT2D eigenvalue weighted by molar-refractivity contribution is -0.123. The normalized spacial score (nSPS) is 13.9. The van der Waals surface area contributed by atoms with Crippen molar-refractivity contribution in [2.45, 2.75) is 32.7 Å². The summed E-state index contributed by atoms with van der Waals surface area (Å²) in [6.07, 6.45) is 5.46. The minimum atomic E-state index is -0.209. The number of nitrogens with one attached hydrogen (secondary N) is 1. The molecule has 1 fully saturated rings. The first-order valence-corrected chi connectivity index (χ1v) is 9.32. The molecule has 1 saturated heterocycles. The monoisotopic (exact) mass is 367 g/mol. The lowest BCUT2D eigenvalue weighted by atomic mass is 10.1. The lowest BCUT2D eigenvalue weighted by Gasteiger charge is -2.27. The van der Waals surface area contributed by atoms with Crippen LogP contribution in [0.25, 0.3) is 0 Å². The maximum atomic E-state index is 12.1. The third-order valence-corrected chi connectivity index (χ3v) is 4.59. The minimum Gasteiger partial charge on any atom is -0.484 e. The van der Waals surface area contributed by atoms with Gasteiger partial charge in [0.1, 0.15) is 11.6 Å². The zero-order chi connectivity index (χ0) is 19.1. The van der Waals surface area contributed by atoms with Crippen LogP contribution in [0.5, 0.6) is 5.75 Å². The number of rotatable bonds is 7. The zero-order valence-corrected chi connectivity index (χ0v) is 15.6. The number of carbonyl (C=O) groups excluding carboxylic acids is 2. The maximum absolute atomic E-state index is 12.1. The third-order valence-electron chi connectivity index (χ3n) is 4.59. The number of amides is 1. The number of anilines is 1. The fraction of sp³-hybridized carbons (Fsp3) is 0.381. The summed E-state index contributed by atoms with van der Waals surface area (Å²) in [7, 11) is 0. The van der Waals surface area contributed by atoms with E-state index in [1.54, 1.807) is 30.5 Å². The topological polar surface area (TPSA) is 71.5 Å². The van der Waals surface area contributed by atoms with Crippen molar-refractivity contribution in [3.05, 3.63) is 53.7 Å². The molecule has 0 unspecified atom stereocenters. The van der Waals surface area contributed by atoms with Crippen LogP contribution < -0.4 is 15.0 Å². The smallest absolute Gasteiger partial charge is 0.258 e. The van der Waals surface area contributed by atoms with Gasteiger partial charge in [-0.1, -0.05) is 12.1 Å². The van der Waals surface area contributed by atoms with Crippen molar-refractivity contribution in [2.75, 3.05) is 24.6 Å². The van der Waals surface area contributed by atoms with Gasteiger partial charge < -0.3 is 15.0 Å². The van der Waals surface area contributed by atoms with E-state index in [1.807, 2.05) is 12.1 Å². The average molecular weight is 367 g/mol. The fourth-order valence-electron chi connectivity index (χ4n) is 3.07. The molecular formula is C21H25N3O3. The van der Waals surface area contributed by atoms with E-state index in [9.17, 15) is 9.59 Å². The lowest BCUT2D eigenvalue weighted by Crippen LogP contribution is -2.31. The van der Waals surface area contributed by atoms with Crippen molar-refractivity contribution in [1.82, 2.24) is 10.3 Å². The van der Waals surface area contributed by atoms with Gasteiger partial charge in [0, 0.05) is 31.4 Å². The van der Waals surface area contributed by atoms with Gasteiger partial charge in [-0.3, -0.25) is 9.59 Å². The second-order valence-electron chi connectivity index (χ2n) is 6.72. The largest absolute Gasteiger partial charge is 0.484 e. The maximum Gasteiger partial charge on any atom is 0.258 e. The molecule has 2 heterocycles. The molecule has 1 N–H and O–H groups in total. The highest BCUT2D eigenvalue weighted by Gasteiger charge is 2.12. The number of hydrogen-bond donors (Lipinski definition) is 1. The number of Topliss-reactive ketones (excluding diaryl/α,β-unsaturated/α-hetero) is 1. The Morgan fingerprint density at radius 1 is 1.15 bits per heavy atom. The van der Waals surface area contributed by atoms with Crippen molar-refractivity contribution in [3.8, 4) is 5.75 Å². The molecule has 0 spiro atoms. The van der Waals surface area contributed by atoms with E-state index < -0.39 is 0 Å². The molecule has 0 atom stereocenters. The van der Waals surface area contributed by atoms with Crippen LogP contribution in [0.4, 0.5) is 5.82 Å². The van der Waals surface area contributed by atoms with Gasteiger partial charge in [-0.05, 0) is 56.0 Å². The number of benzene rings is 1. The summed E-state index contributed by atoms with van der Waals surface area (Å²) in [4.78, 5) is 30.2. The first-order valence-electron chi connectivity index (χ1n) is 9.32. The summed E-state index contributed by atoms with van der Waals surface area (Å²) >= 11 is 0. The summed E-state index contributed by atoms with van der Waals surface area (Å²) in [6, 6.07) is 10.8. The van der Waals surface area contributed by atoms with Gasteiger partial charge in [0.15, 0.2) is 12.4 Å². The first kappa shape index (κ1) is 18.9. The van der Waals surface area contributed by atoms with Crippen molar-refractivity contribution in [2.24, 2.45) is 0 Å². The fourth-order valence-corrected chi connectivity index (χ4v) is 3.07. The summed E-state index contributed by atoms with van der Waals surface area (Å²) in [5.74, 6) is 1.24. The number of hydrogen-bond acceptors (Lipinski definition) is 5. The molecule has 1 amide bonds. The molecule has 6 nitrogen and oxygen atoms in total. The number of carbonyl (C=O) groups is 2. The Morgan fingerprint density at radius 2 is 1.96 bits per heavy atom. The highest BCUT2D eigenvalue weighted by molar-refractivity contribution is 5.94. The molecular weight excluding hydrogens is 342 g/mol. The number of aromatic nitrogens is 1. The molecule has 2 aromatic rings. The Bertz CT molecular complexity index is 801. The Kier molecular flexibility index (Phi) is 6.41. The van der Waals surface area contributed by atoms with Crippen LogP contribution in [0.3, 0.4) is 0 Å². The van der Waals surface area contributed by atoms with E-state index in [1.165, 1.54) is 26.2 Å². The van der Waals surface area contributed by atoms with Crippen LogP contribution in [-0.2, 0) is 11.3 Å². The molecule has 0 aliphatic carbocycles. The zero-order valence-electron chi connectivity index (χ0n) is 15.6. The molecule has 0 bridgehead atoms. The van der Waals surface area contributed by atoms with Gasteiger partial charge in [0.25, 0.3) is 5.91 Å². The minimum absolute atomic E-state index is 0.0351. The molecule has 6 heteroatoms. The van der Waals surface area contributed by atoms with Crippen molar-refractivity contribution >= 4 is 17.5 Å². The highest BCUT2D eigenvalue weighted by atomic mass is 16.5. The SMILES string of the molecule is CC(=O)c1cccc(OCC(=O)NCc2ccnc(N3CCCCC3)c2)c1. The van der Waals surface area contributed by atoms with Gasteiger partial charge in [0.2, 0.25) is 0 Å². The molecule has 27 heavy (non-hydrogen) atoms. The standard InChI is InChI=1S/C21H25N3O3/c1-16(25)18-6-5-7-19(13-18)27-15-21(26)23-14-17-8-9-22-20(12-17)24-10-3-2-4-11-24/h5-9,12-13H,2-4,10-11,14-15H2,1H3,(H,23,26). The molecule has 1 aliphatic rings. The van der Waals surface area contributed by atoms with E-state index >= 15 is 0 Å². The molecule has 1 aliphatic heterocycles. The predicted molar refractivity (Wildman–Crippen MR) is 104 cm³/mol. The number of nitrogens with zero attached hydrogens (tertiary/aromatic N) is 2.